The molecule has 23 heavy (non-hydrogen) atoms. The van der Waals surface area contributed by atoms with E-state index < -0.39 is 15.8 Å². The Hall–Kier alpha value is -1.92. The molecule has 0 fully saturated rings. The third-order valence-electron chi connectivity index (χ3n) is 4.04. The fraction of sp³-hybridized carbons (Fsp3) is 0.294. The van der Waals surface area contributed by atoms with Crippen LogP contribution < -0.4 is 9.46 Å². The first kappa shape index (κ1) is 16.0. The highest BCUT2D eigenvalue weighted by Gasteiger charge is 2.23. The number of aryl methyl sites for hydroxylation is 1. The highest BCUT2D eigenvalue weighted by Crippen LogP contribution is 2.33. The van der Waals surface area contributed by atoms with E-state index in [0.717, 1.165) is 17.7 Å². The van der Waals surface area contributed by atoms with Crippen LogP contribution in [-0.2, 0) is 10.0 Å². The van der Waals surface area contributed by atoms with E-state index in [4.69, 9.17) is 4.74 Å². The maximum absolute atomic E-state index is 13.3. The Balaban J connectivity index is 1.76. The topological polar surface area (TPSA) is 55.4 Å². The van der Waals surface area contributed by atoms with Crippen molar-refractivity contribution in [2.45, 2.75) is 24.2 Å². The van der Waals surface area contributed by atoms with Gasteiger partial charge in [-0.05, 0) is 48.7 Å². The van der Waals surface area contributed by atoms with Gasteiger partial charge in [0.05, 0.1) is 11.5 Å². The Bertz CT molecular complexity index is 820. The minimum atomic E-state index is -3.66. The summed E-state index contributed by atoms with van der Waals surface area (Å²) in [5.74, 6) is 0.458. The fourth-order valence-electron chi connectivity index (χ4n) is 2.71. The number of para-hydroxylation sites is 1. The molecule has 1 aliphatic heterocycles. The maximum atomic E-state index is 13.3. The summed E-state index contributed by atoms with van der Waals surface area (Å²) in [5, 5.41) is 0. The van der Waals surface area contributed by atoms with Gasteiger partial charge in [0, 0.05) is 12.5 Å². The van der Waals surface area contributed by atoms with E-state index in [9.17, 15) is 12.8 Å². The van der Waals surface area contributed by atoms with Crippen molar-refractivity contribution in [3.8, 4) is 5.75 Å². The second-order valence-corrected chi connectivity index (χ2v) is 7.40. The standard InChI is InChI=1S/C17H18FNO3S/c1-12-10-14(6-7-16(12)18)23(20,21)19-11-13-8-9-22-17-5-3-2-4-15(13)17/h2-7,10,13,19H,8-9,11H2,1H3. The number of ether oxygens (including phenoxy) is 1. The summed E-state index contributed by atoms with van der Waals surface area (Å²) in [6, 6.07) is 11.5. The molecule has 0 amide bonds. The number of sulfonamides is 1. The SMILES string of the molecule is Cc1cc(S(=O)(=O)NCC2CCOc3ccccc32)ccc1F. The predicted molar refractivity (Wildman–Crippen MR) is 85.6 cm³/mol. The van der Waals surface area contributed by atoms with Gasteiger partial charge >= 0.3 is 0 Å². The van der Waals surface area contributed by atoms with Crippen molar-refractivity contribution >= 4 is 10.0 Å². The van der Waals surface area contributed by atoms with Crippen LogP contribution in [0.25, 0.3) is 0 Å². The zero-order valence-corrected chi connectivity index (χ0v) is 13.6. The van der Waals surface area contributed by atoms with Crippen LogP contribution in [0.1, 0.15) is 23.5 Å². The van der Waals surface area contributed by atoms with Crippen LogP contribution in [0.2, 0.25) is 0 Å². The molecule has 0 aliphatic carbocycles. The average Bonchev–Trinajstić information content (AvgIpc) is 2.55. The lowest BCUT2D eigenvalue weighted by atomic mass is 9.93. The van der Waals surface area contributed by atoms with E-state index >= 15 is 0 Å². The first-order valence-corrected chi connectivity index (χ1v) is 8.93. The first-order valence-electron chi connectivity index (χ1n) is 7.45. The number of halogens is 1. The molecule has 2 aromatic carbocycles. The van der Waals surface area contributed by atoms with Gasteiger partial charge in [0.2, 0.25) is 10.0 Å². The van der Waals surface area contributed by atoms with Crippen molar-refractivity contribution in [1.82, 2.24) is 4.72 Å². The molecule has 4 nitrogen and oxygen atoms in total. The van der Waals surface area contributed by atoms with E-state index in [2.05, 4.69) is 4.72 Å². The molecule has 1 N–H and O–H groups in total. The highest BCUT2D eigenvalue weighted by atomic mass is 32.2. The Morgan fingerprint density at radius 1 is 1.26 bits per heavy atom. The van der Waals surface area contributed by atoms with Gasteiger partial charge in [-0.3, -0.25) is 0 Å². The molecule has 0 radical (unpaired) electrons. The van der Waals surface area contributed by atoms with E-state index in [1.54, 1.807) is 6.92 Å². The molecular weight excluding hydrogens is 317 g/mol. The van der Waals surface area contributed by atoms with Gasteiger partial charge in [0.15, 0.2) is 0 Å². The largest absolute Gasteiger partial charge is 0.493 e. The molecule has 1 atom stereocenters. The number of nitrogens with one attached hydrogen (secondary N) is 1. The molecular formula is C17H18FNO3S. The molecule has 0 spiro atoms. The Morgan fingerprint density at radius 2 is 2.04 bits per heavy atom. The molecule has 1 heterocycles. The smallest absolute Gasteiger partial charge is 0.240 e. The Kier molecular flexibility index (Phi) is 4.37. The maximum Gasteiger partial charge on any atom is 0.240 e. The van der Waals surface area contributed by atoms with Crippen molar-refractivity contribution < 1.29 is 17.5 Å². The molecule has 0 saturated heterocycles. The van der Waals surface area contributed by atoms with E-state index in [0.29, 0.717) is 18.7 Å². The van der Waals surface area contributed by atoms with Crippen LogP contribution in [0.15, 0.2) is 47.4 Å². The summed E-state index contributed by atoms with van der Waals surface area (Å²) in [6.45, 7) is 2.40. The molecule has 3 rings (SSSR count). The van der Waals surface area contributed by atoms with E-state index in [1.165, 1.54) is 18.2 Å². The zero-order valence-electron chi connectivity index (χ0n) is 12.8. The molecule has 122 valence electrons. The highest BCUT2D eigenvalue weighted by molar-refractivity contribution is 7.89. The summed E-state index contributed by atoms with van der Waals surface area (Å²) in [4.78, 5) is 0.0803. The monoisotopic (exact) mass is 335 g/mol. The number of fused-ring (bicyclic) bond motifs is 1. The lowest BCUT2D eigenvalue weighted by molar-refractivity contribution is 0.267. The summed E-state index contributed by atoms with van der Waals surface area (Å²) in [7, 11) is -3.66. The third kappa shape index (κ3) is 3.38. The normalized spacial score (nSPS) is 17.4. The minimum absolute atomic E-state index is 0.0660. The van der Waals surface area contributed by atoms with Crippen LogP contribution in [0.4, 0.5) is 4.39 Å². The molecule has 6 heteroatoms. The summed E-state index contributed by atoms with van der Waals surface area (Å²) >= 11 is 0. The second-order valence-electron chi connectivity index (χ2n) is 5.63. The number of benzene rings is 2. The van der Waals surface area contributed by atoms with Crippen LogP contribution >= 0.6 is 0 Å². The predicted octanol–water partition coefficient (Wildman–Crippen LogP) is 2.98. The molecule has 1 aliphatic rings. The van der Waals surface area contributed by atoms with Crippen LogP contribution in [0.3, 0.4) is 0 Å². The van der Waals surface area contributed by atoms with Crippen LogP contribution in [0.5, 0.6) is 5.75 Å². The van der Waals surface area contributed by atoms with Gasteiger partial charge in [-0.25, -0.2) is 17.5 Å². The van der Waals surface area contributed by atoms with Gasteiger partial charge in [-0.2, -0.15) is 0 Å². The molecule has 0 saturated carbocycles. The summed E-state index contributed by atoms with van der Waals surface area (Å²) in [6.07, 6.45) is 0.752. The quantitative estimate of drug-likeness (QED) is 0.934. The zero-order chi connectivity index (χ0) is 16.4. The first-order chi connectivity index (χ1) is 11.0. The van der Waals surface area contributed by atoms with E-state index in [1.807, 2.05) is 24.3 Å². The van der Waals surface area contributed by atoms with Gasteiger partial charge in [0.25, 0.3) is 0 Å². The van der Waals surface area contributed by atoms with E-state index in [-0.39, 0.29) is 10.8 Å². The third-order valence-corrected chi connectivity index (χ3v) is 5.46. The molecule has 0 aromatic heterocycles. The molecule has 0 bridgehead atoms. The summed E-state index contributed by atoms with van der Waals surface area (Å²) < 4.78 is 46.3. The lowest BCUT2D eigenvalue weighted by Gasteiger charge is -2.26. The summed E-state index contributed by atoms with van der Waals surface area (Å²) in [5.41, 5.74) is 1.32. The van der Waals surface area contributed by atoms with Gasteiger partial charge in [-0.1, -0.05) is 18.2 Å². The van der Waals surface area contributed by atoms with Crippen molar-refractivity contribution in [2.24, 2.45) is 0 Å². The number of hydrogen-bond donors (Lipinski definition) is 1. The molecule has 2 aromatic rings. The van der Waals surface area contributed by atoms with Crippen molar-refractivity contribution in [3.05, 3.63) is 59.4 Å². The van der Waals surface area contributed by atoms with Crippen LogP contribution in [-0.4, -0.2) is 21.6 Å². The number of hydrogen-bond acceptors (Lipinski definition) is 3. The van der Waals surface area contributed by atoms with Gasteiger partial charge in [0.1, 0.15) is 11.6 Å². The Labute approximate surface area is 135 Å². The number of rotatable bonds is 4. The average molecular weight is 335 g/mol. The minimum Gasteiger partial charge on any atom is -0.493 e. The van der Waals surface area contributed by atoms with Gasteiger partial charge in [-0.15, -0.1) is 0 Å². The molecule has 1 unspecified atom stereocenters. The van der Waals surface area contributed by atoms with Gasteiger partial charge < -0.3 is 4.74 Å². The second kappa shape index (κ2) is 6.29. The van der Waals surface area contributed by atoms with Crippen LogP contribution in [0, 0.1) is 12.7 Å². The lowest BCUT2D eigenvalue weighted by Crippen LogP contribution is -2.30. The van der Waals surface area contributed by atoms with Crippen molar-refractivity contribution in [1.29, 1.82) is 0 Å². The Morgan fingerprint density at radius 3 is 2.83 bits per heavy atom. The fourth-order valence-corrected chi connectivity index (χ4v) is 3.87. The van der Waals surface area contributed by atoms with Crippen molar-refractivity contribution in [2.75, 3.05) is 13.2 Å². The van der Waals surface area contributed by atoms with Crippen molar-refractivity contribution in [3.63, 3.8) is 0 Å².